The second kappa shape index (κ2) is 7.61. The third-order valence-corrected chi connectivity index (χ3v) is 7.16. The highest BCUT2D eigenvalue weighted by atomic mass is 35.5. The molecule has 1 aromatic heterocycles. The Morgan fingerprint density at radius 1 is 1.36 bits per heavy atom. The van der Waals surface area contributed by atoms with Crippen molar-refractivity contribution in [1.82, 2.24) is 14.9 Å². The van der Waals surface area contributed by atoms with Crippen molar-refractivity contribution in [3.63, 3.8) is 0 Å². The van der Waals surface area contributed by atoms with Gasteiger partial charge in [0.25, 0.3) is 10.0 Å². The number of nitrogens with one attached hydrogen (secondary N) is 2. The Balaban J connectivity index is 2.03. The summed E-state index contributed by atoms with van der Waals surface area (Å²) >= 11 is 6.78. The Morgan fingerprint density at radius 3 is 2.60 bits per heavy atom. The lowest BCUT2D eigenvalue weighted by atomic mass is 10.1. The van der Waals surface area contributed by atoms with E-state index >= 15 is 0 Å². The summed E-state index contributed by atoms with van der Waals surface area (Å²) in [7, 11) is -3.77. The van der Waals surface area contributed by atoms with Crippen molar-refractivity contribution in [1.29, 1.82) is 0 Å². The van der Waals surface area contributed by atoms with Crippen LogP contribution in [0.5, 0.6) is 0 Å². The van der Waals surface area contributed by atoms with Crippen molar-refractivity contribution in [2.75, 3.05) is 13.1 Å². The van der Waals surface area contributed by atoms with Crippen molar-refractivity contribution >= 4 is 44.8 Å². The van der Waals surface area contributed by atoms with Gasteiger partial charge in [-0.05, 0) is 45.7 Å². The van der Waals surface area contributed by atoms with Gasteiger partial charge in [0.05, 0.1) is 10.9 Å². The van der Waals surface area contributed by atoms with Gasteiger partial charge in [-0.15, -0.1) is 11.3 Å². The molecule has 0 bridgehead atoms. The lowest BCUT2D eigenvalue weighted by Gasteiger charge is -2.23. The zero-order chi connectivity index (χ0) is 18.8. The maximum Gasteiger partial charge on any atom is 0.253 e. The molecule has 2 amide bonds. The molecular formula is C15H22ClN3O4S2. The summed E-state index contributed by atoms with van der Waals surface area (Å²) < 4.78 is 27.1. The number of hydrogen-bond acceptors (Lipinski definition) is 5. The van der Waals surface area contributed by atoms with Gasteiger partial charge < -0.3 is 10.6 Å². The molecule has 1 atom stereocenters. The standard InChI is InChI=1S/C15H22ClN3O4S2/c1-15(2,3)18-12(20)9-17-14(21)10-5-4-8-19(10)25(22,23)13-7-6-11(16)24-13/h6-7,10H,4-5,8-9H2,1-3H3,(H,17,21)(H,18,20)/t10-/m1/s1. The Bertz CT molecular complexity index is 755. The van der Waals surface area contributed by atoms with E-state index in [1.165, 1.54) is 16.4 Å². The average molecular weight is 408 g/mol. The molecule has 2 N–H and O–H groups in total. The summed E-state index contributed by atoms with van der Waals surface area (Å²) in [5.41, 5.74) is -0.400. The fourth-order valence-electron chi connectivity index (χ4n) is 2.59. The molecule has 0 radical (unpaired) electrons. The first-order valence-corrected chi connectivity index (χ1v) is 10.5. The van der Waals surface area contributed by atoms with E-state index in [0.717, 1.165) is 11.3 Å². The van der Waals surface area contributed by atoms with Crippen molar-refractivity contribution < 1.29 is 18.0 Å². The number of carbonyl (C=O) groups is 2. The van der Waals surface area contributed by atoms with Gasteiger partial charge in [0.2, 0.25) is 11.8 Å². The molecule has 0 aromatic carbocycles. The monoisotopic (exact) mass is 407 g/mol. The van der Waals surface area contributed by atoms with Crippen LogP contribution in [-0.4, -0.2) is 49.2 Å². The van der Waals surface area contributed by atoms with Crippen molar-refractivity contribution in [2.45, 2.75) is 49.4 Å². The molecule has 1 fully saturated rings. The molecule has 140 valence electrons. The molecule has 2 rings (SSSR count). The molecule has 10 heteroatoms. The summed E-state index contributed by atoms with van der Waals surface area (Å²) in [6.45, 7) is 5.59. The lowest BCUT2D eigenvalue weighted by molar-refractivity contribution is -0.128. The largest absolute Gasteiger partial charge is 0.350 e. The van der Waals surface area contributed by atoms with E-state index in [0.29, 0.717) is 17.2 Å². The van der Waals surface area contributed by atoms with Gasteiger partial charge in [0.15, 0.2) is 0 Å². The number of sulfonamides is 1. The first-order valence-electron chi connectivity index (χ1n) is 7.86. The van der Waals surface area contributed by atoms with Crippen LogP contribution < -0.4 is 10.6 Å². The molecule has 25 heavy (non-hydrogen) atoms. The van der Waals surface area contributed by atoms with E-state index < -0.39 is 27.5 Å². The van der Waals surface area contributed by atoms with Crippen LogP contribution in [0.25, 0.3) is 0 Å². The third-order valence-electron chi connectivity index (χ3n) is 3.56. The number of nitrogens with zero attached hydrogens (tertiary/aromatic N) is 1. The smallest absolute Gasteiger partial charge is 0.253 e. The van der Waals surface area contributed by atoms with Gasteiger partial charge in [0.1, 0.15) is 10.3 Å². The van der Waals surface area contributed by atoms with Crippen LogP contribution in [0, 0.1) is 0 Å². The minimum absolute atomic E-state index is 0.114. The fourth-order valence-corrected chi connectivity index (χ4v) is 5.86. The maximum absolute atomic E-state index is 12.7. The predicted octanol–water partition coefficient (Wildman–Crippen LogP) is 1.59. The SMILES string of the molecule is CC(C)(C)NC(=O)CNC(=O)[C@H]1CCCN1S(=O)(=O)c1ccc(Cl)s1. The van der Waals surface area contributed by atoms with Crippen LogP contribution in [0.15, 0.2) is 16.3 Å². The molecule has 1 aliphatic heterocycles. The van der Waals surface area contributed by atoms with Gasteiger partial charge in [-0.2, -0.15) is 4.31 Å². The number of rotatable bonds is 5. The number of carbonyl (C=O) groups excluding carboxylic acids is 2. The van der Waals surface area contributed by atoms with E-state index in [9.17, 15) is 18.0 Å². The fraction of sp³-hybridized carbons (Fsp3) is 0.600. The van der Waals surface area contributed by atoms with Crippen LogP contribution >= 0.6 is 22.9 Å². The Morgan fingerprint density at radius 2 is 2.04 bits per heavy atom. The molecule has 1 saturated heterocycles. The highest BCUT2D eigenvalue weighted by Gasteiger charge is 2.40. The second-order valence-corrected chi connectivity index (χ2v) is 10.7. The Labute approximate surface area is 156 Å². The quantitative estimate of drug-likeness (QED) is 0.774. The Kier molecular flexibility index (Phi) is 6.13. The van der Waals surface area contributed by atoms with E-state index in [-0.39, 0.29) is 23.2 Å². The first kappa shape index (κ1) is 20.2. The summed E-state index contributed by atoms with van der Waals surface area (Å²) in [4.78, 5) is 24.2. The van der Waals surface area contributed by atoms with Gasteiger partial charge in [0, 0.05) is 12.1 Å². The number of amides is 2. The van der Waals surface area contributed by atoms with Crippen molar-refractivity contribution in [2.24, 2.45) is 0 Å². The summed E-state index contributed by atoms with van der Waals surface area (Å²) in [6, 6.07) is 2.14. The molecule has 1 aliphatic rings. The van der Waals surface area contributed by atoms with Gasteiger partial charge >= 0.3 is 0 Å². The van der Waals surface area contributed by atoms with Crippen LogP contribution in [0.3, 0.4) is 0 Å². The molecule has 2 heterocycles. The van der Waals surface area contributed by atoms with Gasteiger partial charge in [-0.3, -0.25) is 9.59 Å². The minimum Gasteiger partial charge on any atom is -0.350 e. The second-order valence-electron chi connectivity index (χ2n) is 6.85. The topological polar surface area (TPSA) is 95.6 Å². The molecule has 1 aromatic rings. The summed E-state index contributed by atoms with van der Waals surface area (Å²) in [5, 5.41) is 5.26. The molecule has 0 unspecified atom stereocenters. The van der Waals surface area contributed by atoms with Crippen molar-refractivity contribution in [3.05, 3.63) is 16.5 Å². The maximum atomic E-state index is 12.7. The predicted molar refractivity (Wildman–Crippen MR) is 97.1 cm³/mol. The first-order chi connectivity index (χ1) is 11.5. The average Bonchev–Trinajstić information content (AvgIpc) is 3.12. The van der Waals surface area contributed by atoms with Gasteiger partial charge in [-0.1, -0.05) is 11.6 Å². The van der Waals surface area contributed by atoms with Gasteiger partial charge in [-0.25, -0.2) is 8.42 Å². The van der Waals surface area contributed by atoms with Crippen LogP contribution in [0.1, 0.15) is 33.6 Å². The highest BCUT2D eigenvalue weighted by molar-refractivity contribution is 7.91. The lowest BCUT2D eigenvalue weighted by Crippen LogP contribution is -2.50. The van der Waals surface area contributed by atoms with E-state index in [1.807, 2.05) is 20.8 Å². The molecule has 0 saturated carbocycles. The zero-order valence-electron chi connectivity index (χ0n) is 14.3. The Hall–Kier alpha value is -1.16. The molecule has 0 spiro atoms. The van der Waals surface area contributed by atoms with Crippen LogP contribution in [0.2, 0.25) is 4.34 Å². The number of halogens is 1. The van der Waals surface area contributed by atoms with Crippen LogP contribution in [0.4, 0.5) is 0 Å². The third kappa shape index (κ3) is 5.16. The molecular weight excluding hydrogens is 386 g/mol. The normalized spacial score (nSPS) is 19.0. The summed E-state index contributed by atoms with van der Waals surface area (Å²) in [6.07, 6.45) is 1.01. The molecule has 0 aliphatic carbocycles. The van der Waals surface area contributed by atoms with E-state index in [1.54, 1.807) is 0 Å². The van der Waals surface area contributed by atoms with E-state index in [4.69, 9.17) is 11.6 Å². The van der Waals surface area contributed by atoms with Crippen molar-refractivity contribution in [3.8, 4) is 0 Å². The number of thiophene rings is 1. The highest BCUT2D eigenvalue weighted by Crippen LogP contribution is 2.32. The molecule has 7 nitrogen and oxygen atoms in total. The number of hydrogen-bond donors (Lipinski definition) is 2. The summed E-state index contributed by atoms with van der Waals surface area (Å²) in [5.74, 6) is -0.786. The van der Waals surface area contributed by atoms with Crippen LogP contribution in [-0.2, 0) is 19.6 Å². The minimum atomic E-state index is -3.77. The zero-order valence-corrected chi connectivity index (χ0v) is 16.7. The van der Waals surface area contributed by atoms with E-state index in [2.05, 4.69) is 10.6 Å².